The zero-order chi connectivity index (χ0) is 18.4. The Labute approximate surface area is 153 Å². The monoisotopic (exact) mass is 355 g/mol. The third kappa shape index (κ3) is 4.52. The van der Waals surface area contributed by atoms with Crippen molar-refractivity contribution in [2.24, 2.45) is 0 Å². The average molecular weight is 355 g/mol. The van der Waals surface area contributed by atoms with Crippen molar-refractivity contribution in [3.8, 4) is 5.75 Å². The van der Waals surface area contributed by atoms with E-state index in [1.807, 2.05) is 12.1 Å². The molecule has 2 heterocycles. The topological polar surface area (TPSA) is 74.7 Å². The fraction of sp³-hybridized carbons (Fsp3) is 0.400. The van der Waals surface area contributed by atoms with Crippen LogP contribution in [0.4, 0.5) is 5.82 Å². The molecule has 1 aromatic carbocycles. The van der Waals surface area contributed by atoms with Gasteiger partial charge in [0.05, 0.1) is 13.2 Å². The number of benzene rings is 1. The Morgan fingerprint density at radius 1 is 1.19 bits per heavy atom. The predicted octanol–water partition coefficient (Wildman–Crippen LogP) is 3.43. The summed E-state index contributed by atoms with van der Waals surface area (Å²) in [6, 6.07) is 13.4. The first-order valence-corrected chi connectivity index (χ1v) is 8.99. The van der Waals surface area contributed by atoms with Gasteiger partial charge in [-0.25, -0.2) is 9.78 Å². The summed E-state index contributed by atoms with van der Waals surface area (Å²) in [5.41, 5.74) is 1.27. The normalized spacial score (nSPS) is 16.0. The van der Waals surface area contributed by atoms with Crippen LogP contribution in [0.25, 0.3) is 0 Å². The Hall–Kier alpha value is -2.60. The number of aromatic nitrogens is 1. The number of carbonyl (C=O) groups is 1. The molecular formula is C20H25N3O3. The molecule has 138 valence electrons. The third-order valence-electron chi connectivity index (χ3n) is 4.78. The largest absolute Gasteiger partial charge is 0.497 e. The van der Waals surface area contributed by atoms with Crippen molar-refractivity contribution in [1.29, 1.82) is 0 Å². The Morgan fingerprint density at radius 3 is 2.58 bits per heavy atom. The first-order chi connectivity index (χ1) is 12.7. The Kier molecular flexibility index (Phi) is 6.07. The molecule has 1 aliphatic heterocycles. The minimum atomic E-state index is -1.02. The summed E-state index contributed by atoms with van der Waals surface area (Å²) >= 11 is 0. The molecule has 1 fully saturated rings. The molecule has 0 bridgehead atoms. The molecule has 3 rings (SSSR count). The van der Waals surface area contributed by atoms with E-state index in [1.165, 1.54) is 30.9 Å². The Morgan fingerprint density at radius 2 is 1.92 bits per heavy atom. The van der Waals surface area contributed by atoms with Crippen LogP contribution in [-0.2, 0) is 0 Å². The lowest BCUT2D eigenvalue weighted by molar-refractivity contribution is 0.0690. The van der Waals surface area contributed by atoms with Gasteiger partial charge in [-0.1, -0.05) is 24.6 Å². The van der Waals surface area contributed by atoms with Crippen LogP contribution in [-0.4, -0.2) is 47.7 Å². The highest BCUT2D eigenvalue weighted by Gasteiger charge is 2.22. The molecule has 2 N–H and O–H groups in total. The quantitative estimate of drug-likeness (QED) is 0.793. The van der Waals surface area contributed by atoms with Crippen LogP contribution in [0, 0.1) is 0 Å². The van der Waals surface area contributed by atoms with Crippen LogP contribution >= 0.6 is 0 Å². The van der Waals surface area contributed by atoms with E-state index in [0.717, 1.165) is 18.8 Å². The van der Waals surface area contributed by atoms with Crippen LogP contribution in [0.15, 0.2) is 42.5 Å². The van der Waals surface area contributed by atoms with Crippen molar-refractivity contribution < 1.29 is 14.6 Å². The van der Waals surface area contributed by atoms with Crippen LogP contribution in [0.1, 0.15) is 41.4 Å². The van der Waals surface area contributed by atoms with E-state index < -0.39 is 5.97 Å². The van der Waals surface area contributed by atoms with Gasteiger partial charge >= 0.3 is 5.97 Å². The van der Waals surface area contributed by atoms with Gasteiger partial charge in [0.25, 0.3) is 0 Å². The number of ether oxygens (including phenoxy) is 1. The molecule has 0 amide bonds. The van der Waals surface area contributed by atoms with Crippen molar-refractivity contribution in [3.63, 3.8) is 0 Å². The number of anilines is 1. The number of nitrogens with zero attached hydrogens (tertiary/aromatic N) is 2. The lowest BCUT2D eigenvalue weighted by atomic mass is 10.0. The molecule has 1 unspecified atom stereocenters. The maximum absolute atomic E-state index is 11.1. The molecular weight excluding hydrogens is 330 g/mol. The molecule has 6 nitrogen and oxygen atoms in total. The van der Waals surface area contributed by atoms with Gasteiger partial charge < -0.3 is 15.2 Å². The number of nitrogens with one attached hydrogen (secondary N) is 1. The lowest BCUT2D eigenvalue weighted by Gasteiger charge is -2.35. The van der Waals surface area contributed by atoms with Gasteiger partial charge in [0.1, 0.15) is 11.6 Å². The smallest absolute Gasteiger partial charge is 0.354 e. The number of methoxy groups -OCH3 is 1. The summed E-state index contributed by atoms with van der Waals surface area (Å²) in [5, 5.41) is 12.4. The van der Waals surface area contributed by atoms with E-state index in [2.05, 4.69) is 27.3 Å². The highest BCUT2D eigenvalue weighted by molar-refractivity contribution is 5.85. The Balaban J connectivity index is 1.76. The number of aromatic carboxylic acids is 1. The number of hydrogen-bond donors (Lipinski definition) is 2. The fourth-order valence-corrected chi connectivity index (χ4v) is 3.37. The molecule has 1 atom stereocenters. The van der Waals surface area contributed by atoms with E-state index in [0.29, 0.717) is 12.4 Å². The van der Waals surface area contributed by atoms with Gasteiger partial charge in [-0.2, -0.15) is 0 Å². The van der Waals surface area contributed by atoms with Crippen molar-refractivity contribution in [1.82, 2.24) is 9.88 Å². The van der Waals surface area contributed by atoms with Crippen LogP contribution in [0.5, 0.6) is 5.75 Å². The average Bonchev–Trinajstić information content (AvgIpc) is 2.69. The molecule has 1 aromatic heterocycles. The number of rotatable bonds is 7. The SMILES string of the molecule is COc1ccc(C(CNc2cccc(C(=O)O)n2)N2CCCCC2)cc1. The number of likely N-dealkylation sites (tertiary alicyclic amines) is 1. The second-order valence-corrected chi connectivity index (χ2v) is 6.48. The standard InChI is InChI=1S/C20H25N3O3/c1-26-16-10-8-15(9-11-16)18(23-12-3-2-4-13-23)14-21-19-7-5-6-17(22-19)20(24)25/h5-11,18H,2-4,12-14H2,1H3,(H,21,22)(H,24,25). The van der Waals surface area contributed by atoms with Gasteiger partial charge in [0, 0.05) is 6.54 Å². The predicted molar refractivity (Wildman–Crippen MR) is 101 cm³/mol. The molecule has 26 heavy (non-hydrogen) atoms. The summed E-state index contributed by atoms with van der Waals surface area (Å²) in [4.78, 5) is 17.8. The number of pyridine rings is 1. The van der Waals surface area contributed by atoms with E-state index in [1.54, 1.807) is 19.2 Å². The third-order valence-corrected chi connectivity index (χ3v) is 4.78. The number of carboxylic acid groups (broad SMARTS) is 1. The van der Waals surface area contributed by atoms with Gasteiger partial charge in [0.2, 0.25) is 0 Å². The fourth-order valence-electron chi connectivity index (χ4n) is 3.37. The molecule has 0 aliphatic carbocycles. The van der Waals surface area contributed by atoms with Crippen molar-refractivity contribution in [2.75, 3.05) is 32.1 Å². The summed E-state index contributed by atoms with van der Waals surface area (Å²) in [7, 11) is 1.67. The van der Waals surface area contributed by atoms with Gasteiger partial charge in [-0.15, -0.1) is 0 Å². The lowest BCUT2D eigenvalue weighted by Crippen LogP contribution is -2.37. The van der Waals surface area contributed by atoms with Crippen molar-refractivity contribution >= 4 is 11.8 Å². The summed E-state index contributed by atoms with van der Waals surface area (Å²) in [5.74, 6) is 0.409. The molecule has 2 aromatic rings. The number of hydrogen-bond acceptors (Lipinski definition) is 5. The van der Waals surface area contributed by atoms with E-state index >= 15 is 0 Å². The molecule has 0 radical (unpaired) electrons. The minimum absolute atomic E-state index is 0.0500. The highest BCUT2D eigenvalue weighted by Crippen LogP contribution is 2.26. The molecule has 0 spiro atoms. The van der Waals surface area contributed by atoms with Gasteiger partial charge in [-0.05, 0) is 55.8 Å². The molecule has 6 heteroatoms. The summed E-state index contributed by atoms with van der Waals surface area (Å²) in [6.45, 7) is 2.81. The first-order valence-electron chi connectivity index (χ1n) is 8.99. The molecule has 0 saturated carbocycles. The van der Waals surface area contributed by atoms with E-state index in [4.69, 9.17) is 9.84 Å². The van der Waals surface area contributed by atoms with Crippen molar-refractivity contribution in [2.45, 2.75) is 25.3 Å². The van der Waals surface area contributed by atoms with E-state index in [-0.39, 0.29) is 11.7 Å². The number of piperidine rings is 1. The van der Waals surface area contributed by atoms with Crippen LogP contribution < -0.4 is 10.1 Å². The number of carboxylic acids is 1. The maximum Gasteiger partial charge on any atom is 0.354 e. The maximum atomic E-state index is 11.1. The van der Waals surface area contributed by atoms with Crippen molar-refractivity contribution in [3.05, 3.63) is 53.7 Å². The summed E-state index contributed by atoms with van der Waals surface area (Å²) in [6.07, 6.45) is 3.69. The second kappa shape index (κ2) is 8.67. The van der Waals surface area contributed by atoms with Crippen LogP contribution in [0.2, 0.25) is 0 Å². The molecule has 1 saturated heterocycles. The second-order valence-electron chi connectivity index (χ2n) is 6.48. The van der Waals surface area contributed by atoms with Crippen LogP contribution in [0.3, 0.4) is 0 Å². The zero-order valence-electron chi connectivity index (χ0n) is 15.0. The highest BCUT2D eigenvalue weighted by atomic mass is 16.5. The molecule has 1 aliphatic rings. The first kappa shape index (κ1) is 18.2. The minimum Gasteiger partial charge on any atom is -0.497 e. The van der Waals surface area contributed by atoms with Gasteiger partial charge in [-0.3, -0.25) is 4.90 Å². The zero-order valence-corrected chi connectivity index (χ0v) is 15.0. The Bertz CT molecular complexity index is 727. The van der Waals surface area contributed by atoms with Gasteiger partial charge in [0.15, 0.2) is 5.69 Å². The summed E-state index contributed by atoms with van der Waals surface area (Å²) < 4.78 is 5.26. The van der Waals surface area contributed by atoms with E-state index in [9.17, 15) is 4.79 Å².